The predicted octanol–water partition coefficient (Wildman–Crippen LogP) is 15.4. The Kier molecular flexibility index (Phi) is 20.4. The van der Waals surface area contributed by atoms with E-state index >= 15 is 0 Å². The molecule has 566 valence electrons. The molecule has 6 N–H and O–H groups in total. The first kappa shape index (κ1) is 76.9. The van der Waals surface area contributed by atoms with Crippen LogP contribution in [-0.2, 0) is 28.8 Å². The number of allylic oxidation sites excluding steroid dienone is 3. The van der Waals surface area contributed by atoms with E-state index in [4.69, 9.17) is 60.6 Å². The summed E-state index contributed by atoms with van der Waals surface area (Å²) in [5, 5.41) is 72.7. The molecule has 12 aliphatic rings. The molecule has 105 heavy (non-hydrogen) atoms. The van der Waals surface area contributed by atoms with Gasteiger partial charge >= 0.3 is 0 Å². The fourth-order valence-corrected chi connectivity index (χ4v) is 26.8. The Morgan fingerprint density at radius 1 is 0.486 bits per heavy atom. The zero-order valence-corrected chi connectivity index (χ0v) is 65.3. The molecule has 21 atom stereocenters. The summed E-state index contributed by atoms with van der Waals surface area (Å²) in [5.41, 5.74) is -2.44. The van der Waals surface area contributed by atoms with Gasteiger partial charge in [-0.15, -0.1) is 11.3 Å². The number of ether oxygens (including phenoxy) is 3. The van der Waals surface area contributed by atoms with E-state index in [1.54, 1.807) is 41.7 Å². The Bertz CT molecular complexity index is 4300. The Morgan fingerprint density at radius 2 is 0.876 bits per heavy atom. The van der Waals surface area contributed by atoms with Gasteiger partial charge in [-0.1, -0.05) is 111 Å². The molecule has 9 saturated carbocycles. The van der Waals surface area contributed by atoms with Crippen molar-refractivity contribution in [2.24, 2.45) is 85.8 Å². The van der Waals surface area contributed by atoms with Crippen LogP contribution in [-0.4, -0.2) is 125 Å². The number of fused-ring (bicyclic) bond motifs is 16. The number of aryl methyl sites for hydroxylation is 2. The molecule has 0 bridgehead atoms. The summed E-state index contributed by atoms with van der Waals surface area (Å²) < 4.78 is 18.5. The van der Waals surface area contributed by atoms with E-state index in [-0.39, 0.29) is 124 Å². The molecule has 15 unspecified atom stereocenters. The van der Waals surface area contributed by atoms with Crippen LogP contribution >= 0.6 is 57.7 Å². The normalized spacial score (nSPS) is 40.5. The van der Waals surface area contributed by atoms with Crippen LogP contribution in [0.4, 0.5) is 0 Å². The monoisotopic (exact) mass is 1540 g/mol. The van der Waals surface area contributed by atoms with Crippen LogP contribution in [0.25, 0.3) is 10.2 Å². The molecule has 3 aromatic carbocycles. The third-order valence-corrected chi connectivity index (χ3v) is 32.1. The summed E-state index contributed by atoms with van der Waals surface area (Å²) in [6.45, 7) is 15.5. The van der Waals surface area contributed by atoms with Gasteiger partial charge in [-0.25, -0.2) is 4.98 Å². The lowest BCUT2D eigenvalue weighted by molar-refractivity contribution is -0.182. The lowest BCUT2D eigenvalue weighted by atomic mass is 9.45. The fraction of sp³-hybridized carbons (Fsp3) is 0.631. The summed E-state index contributed by atoms with van der Waals surface area (Å²) in [5.74, 6) is 1.98. The van der Waals surface area contributed by atoms with Crippen molar-refractivity contribution in [2.45, 2.75) is 225 Å². The highest BCUT2D eigenvalue weighted by Crippen LogP contribution is 2.71. The third kappa shape index (κ3) is 12.4. The number of aliphatic hydroxyl groups is 6. The van der Waals surface area contributed by atoms with Gasteiger partial charge in [0.05, 0.1) is 38.1 Å². The lowest BCUT2D eigenvalue weighted by Gasteiger charge is -2.60. The van der Waals surface area contributed by atoms with Crippen LogP contribution in [0.1, 0.15) is 187 Å². The molecule has 12 aliphatic carbocycles. The van der Waals surface area contributed by atoms with Crippen LogP contribution in [0.3, 0.4) is 0 Å². The number of halogens is 4. The molecule has 0 aliphatic heterocycles. The van der Waals surface area contributed by atoms with Crippen molar-refractivity contribution in [3.8, 4) is 17.2 Å². The number of hydrogen-bond donors (Lipinski definition) is 6. The number of benzene rings is 3. The average molecular weight is 1540 g/mol. The quantitative estimate of drug-likeness (QED) is 0.0770. The van der Waals surface area contributed by atoms with Crippen molar-refractivity contribution in [1.29, 1.82) is 0 Å². The Labute approximate surface area is 639 Å². The smallest absolute Gasteiger partial charge is 0.202 e. The Morgan fingerprint density at radius 3 is 1.28 bits per heavy atom. The van der Waals surface area contributed by atoms with E-state index in [1.807, 2.05) is 71.0 Å². The van der Waals surface area contributed by atoms with Gasteiger partial charge in [0.2, 0.25) is 17.3 Å². The molecule has 1 heterocycles. The lowest BCUT2D eigenvalue weighted by Crippen LogP contribution is -2.62. The number of para-hydroxylation sites is 1. The van der Waals surface area contributed by atoms with E-state index in [2.05, 4.69) is 25.8 Å². The van der Waals surface area contributed by atoms with Gasteiger partial charge in [0, 0.05) is 45.6 Å². The highest BCUT2D eigenvalue weighted by atomic mass is 35.5. The summed E-state index contributed by atoms with van der Waals surface area (Å²) in [6, 6.07) is 13.8. The molecule has 16 nitrogen and oxygen atoms in total. The Balaban J connectivity index is 0.000000133. The molecule has 0 radical (unpaired) electrons. The van der Waals surface area contributed by atoms with Gasteiger partial charge < -0.3 is 44.8 Å². The zero-order valence-electron chi connectivity index (χ0n) is 61.5. The molecule has 21 heteroatoms. The number of ketones is 6. The number of thiazole rings is 1. The van der Waals surface area contributed by atoms with Crippen LogP contribution < -0.4 is 14.2 Å². The van der Waals surface area contributed by atoms with Crippen LogP contribution in [0.5, 0.6) is 17.2 Å². The molecule has 1 aromatic heterocycles. The predicted molar refractivity (Wildman–Crippen MR) is 403 cm³/mol. The number of hydrogen-bond acceptors (Lipinski definition) is 17. The SMILES string of the molecule is CC12CCC(=O)C=C1CCC1C2[C@@H](O)CC2(C)C1CC[C@]2(O)C(=O)COc1ccc(Cl)cc1Cl.Cc1cc(Cl)cc(Cl)c1OCC(=O)[C@@]1(O)CCC2C3CCC4=CC(=O)CCC4(C)C3[C@@H](O)CC21C.Cc1nc2c(OCC(=O)[C@@]3(O)CCC4C5CCC6=CC(=O)CCC6(C)C5[C@@H](O)CC43C)cccc2s1. The zero-order chi connectivity index (χ0) is 75.3. The van der Waals surface area contributed by atoms with Gasteiger partial charge in [0.1, 0.15) is 59.4 Å². The van der Waals surface area contributed by atoms with Gasteiger partial charge in [0.25, 0.3) is 0 Å². The van der Waals surface area contributed by atoms with Gasteiger partial charge in [-0.3, -0.25) is 28.8 Å². The molecular formula is C84H101Cl4NO15S. The van der Waals surface area contributed by atoms with Crippen molar-refractivity contribution >= 4 is 103 Å². The standard InChI is InChI=1S/C29H35NO5S.C28H34Cl2O5.C27H32Cl2O5/c1-16-30-26-22(5-4-6-23(26)36-16)35-15-24(33)29(34)12-10-20-19-8-7-17-13-18(31)9-11-27(17,2)25(19)21(32)14-28(20,29)3;1-15-10-17(29)12-21(30)25(15)35-14-23(33)28(34)9-7-20-19-5-4-16-11-18(31)6-8-26(16,2)24(19)22(32)13-27(20,28)3;1-25-9-7-17(30)11-15(25)3-5-18-19-8-10-27(33,26(19,2)13-21(31)24(18)25)23(32)14-34-22-6-4-16(28)12-20(22)29/h4-6,13,19-21,25,32,34H,7-12,14-15H2,1-3H3;10-12,19-20,22,24,32,34H,4-9,13-14H2,1-3H3;4,6,11-12,18-19,21,24,31,33H,3,5,7-10,13-14H2,1-2H3/t19?,20?,21-,25?,27?,28?,29-;19?,20?,22-,24?,26?,27?,28-;18?,19?,21-,24?,25?,26?,27-/m000/s1. The molecule has 9 fully saturated rings. The minimum atomic E-state index is -1.57. The van der Waals surface area contributed by atoms with Gasteiger partial charge in [-0.05, 0) is 265 Å². The minimum Gasteiger partial charge on any atom is -0.484 e. The van der Waals surface area contributed by atoms with Crippen LogP contribution in [0, 0.1) is 99.6 Å². The second kappa shape index (κ2) is 27.8. The molecule has 0 spiro atoms. The topological polar surface area (TPSA) is 264 Å². The van der Waals surface area contributed by atoms with Gasteiger partial charge in [-0.2, -0.15) is 0 Å². The van der Waals surface area contributed by atoms with E-state index in [0.29, 0.717) is 95.1 Å². The maximum absolute atomic E-state index is 13.6. The second-order valence-electron chi connectivity index (χ2n) is 35.0. The van der Waals surface area contributed by atoms with Crippen molar-refractivity contribution in [3.63, 3.8) is 0 Å². The largest absolute Gasteiger partial charge is 0.484 e. The maximum atomic E-state index is 13.6. The third-order valence-electron chi connectivity index (χ3n) is 30.2. The van der Waals surface area contributed by atoms with Crippen LogP contribution in [0.15, 0.2) is 83.5 Å². The number of rotatable bonds is 12. The molecule has 0 saturated heterocycles. The van der Waals surface area contributed by atoms with E-state index in [0.717, 1.165) is 97.8 Å². The minimum absolute atomic E-state index is 0.0397. The summed E-state index contributed by atoms with van der Waals surface area (Å²) in [6.07, 6.45) is 17.1. The highest BCUT2D eigenvalue weighted by Gasteiger charge is 2.72. The number of Topliss-reactive ketones (excluding diaryl/α,β-unsaturated/α-hetero) is 3. The fourth-order valence-electron chi connectivity index (χ4n) is 24.8. The first-order chi connectivity index (χ1) is 49.5. The molecule has 4 aromatic rings. The van der Waals surface area contributed by atoms with Crippen LogP contribution in [0.2, 0.25) is 20.1 Å². The van der Waals surface area contributed by atoms with E-state index < -0.39 is 51.4 Å². The first-order valence-electron chi connectivity index (χ1n) is 38.1. The van der Waals surface area contributed by atoms with Crippen molar-refractivity contribution in [3.05, 3.63) is 114 Å². The van der Waals surface area contributed by atoms with Gasteiger partial charge in [0.15, 0.2) is 17.3 Å². The average Bonchev–Trinajstić information content (AvgIpc) is 1.63. The van der Waals surface area contributed by atoms with Crippen molar-refractivity contribution in [1.82, 2.24) is 4.98 Å². The van der Waals surface area contributed by atoms with Crippen molar-refractivity contribution < 1.29 is 73.6 Å². The number of carbonyl (C=O) groups excluding carboxylic acids is 6. The Hall–Kier alpha value is -4.89. The molecule has 0 amide bonds. The number of aliphatic hydroxyl groups excluding tert-OH is 3. The summed E-state index contributed by atoms with van der Waals surface area (Å²) >= 11 is 26.0. The number of aromatic nitrogens is 1. The van der Waals surface area contributed by atoms with E-state index in [9.17, 15) is 59.4 Å². The molecular weight excluding hydrogens is 1440 g/mol. The van der Waals surface area contributed by atoms with Crippen molar-refractivity contribution in [2.75, 3.05) is 19.8 Å². The maximum Gasteiger partial charge on any atom is 0.202 e. The number of nitrogens with zero attached hydrogens (tertiary/aromatic N) is 1. The number of carbonyl (C=O) groups is 6. The summed E-state index contributed by atoms with van der Waals surface area (Å²) in [4.78, 5) is 81.3. The van der Waals surface area contributed by atoms with E-state index in [1.165, 1.54) is 16.7 Å². The molecule has 16 rings (SSSR count). The second-order valence-corrected chi connectivity index (χ2v) is 37.9. The first-order valence-corrected chi connectivity index (χ1v) is 40.5. The summed E-state index contributed by atoms with van der Waals surface area (Å²) in [7, 11) is 0. The highest BCUT2D eigenvalue weighted by molar-refractivity contribution is 7.18.